The van der Waals surface area contributed by atoms with Gasteiger partial charge in [0.25, 0.3) is 0 Å². The number of hydrogen-bond acceptors (Lipinski definition) is 0. The minimum absolute atomic E-state index is 0.160. The van der Waals surface area contributed by atoms with Gasteiger partial charge >= 0.3 is 0 Å². The highest BCUT2D eigenvalue weighted by molar-refractivity contribution is 5.15. The molecule has 0 saturated heterocycles. The van der Waals surface area contributed by atoms with Crippen molar-refractivity contribution in [2.24, 2.45) is 5.92 Å². The lowest BCUT2D eigenvalue weighted by Gasteiger charge is -1.92. The van der Waals surface area contributed by atoms with Gasteiger partial charge in [-0.05, 0) is 30.0 Å². The van der Waals surface area contributed by atoms with Gasteiger partial charge in [0.2, 0.25) is 0 Å². The predicted octanol–water partition coefficient (Wildman–Crippen LogP) is 5.08. The summed E-state index contributed by atoms with van der Waals surface area (Å²) < 4.78 is 12.2. The summed E-state index contributed by atoms with van der Waals surface area (Å²) in [5, 5.41) is 0. The molecule has 0 aromatic heterocycles. The standard InChI is InChI=1S/C8H9F.C4H10.C2H6/c1-2-7-3-5-8(9)6-4-7;1-4(2)3;1-2/h3-6H,2H2,1H3;4H,1-3H3;1-2H3. The third kappa shape index (κ3) is 13.2. The molecule has 0 atom stereocenters. The van der Waals surface area contributed by atoms with E-state index in [1.165, 1.54) is 17.7 Å². The molecule has 0 saturated carbocycles. The Hall–Kier alpha value is -0.850. The van der Waals surface area contributed by atoms with Crippen LogP contribution >= 0.6 is 0 Å². The summed E-state index contributed by atoms with van der Waals surface area (Å²) in [6, 6.07) is 6.57. The fraction of sp³-hybridized carbons (Fsp3) is 0.571. The van der Waals surface area contributed by atoms with Crippen LogP contribution in [0.2, 0.25) is 0 Å². The second kappa shape index (κ2) is 11.2. The van der Waals surface area contributed by atoms with E-state index in [0.717, 1.165) is 12.3 Å². The van der Waals surface area contributed by atoms with E-state index < -0.39 is 0 Å². The van der Waals surface area contributed by atoms with E-state index in [0.29, 0.717) is 0 Å². The molecule has 1 aromatic carbocycles. The summed E-state index contributed by atoms with van der Waals surface area (Å²) in [7, 11) is 0. The van der Waals surface area contributed by atoms with Gasteiger partial charge in [0.05, 0.1) is 0 Å². The number of hydrogen-bond donors (Lipinski definition) is 0. The zero-order chi connectivity index (χ0) is 12.3. The molecule has 0 fully saturated rings. The van der Waals surface area contributed by atoms with Gasteiger partial charge in [0, 0.05) is 0 Å². The summed E-state index contributed by atoms with van der Waals surface area (Å²) >= 11 is 0. The van der Waals surface area contributed by atoms with Crippen LogP contribution in [0, 0.1) is 11.7 Å². The van der Waals surface area contributed by atoms with E-state index in [4.69, 9.17) is 0 Å². The molecule has 1 heteroatoms. The van der Waals surface area contributed by atoms with Crippen molar-refractivity contribution in [2.75, 3.05) is 0 Å². The molecule has 0 unspecified atom stereocenters. The predicted molar refractivity (Wildman–Crippen MR) is 67.6 cm³/mol. The van der Waals surface area contributed by atoms with Crippen LogP contribution in [0.3, 0.4) is 0 Å². The molecule has 0 heterocycles. The Labute approximate surface area is 94.5 Å². The first-order valence-corrected chi connectivity index (χ1v) is 5.80. The van der Waals surface area contributed by atoms with E-state index in [1.54, 1.807) is 12.1 Å². The Balaban J connectivity index is 0. The Kier molecular flexibility index (Phi) is 12.4. The van der Waals surface area contributed by atoms with Crippen LogP contribution in [0.4, 0.5) is 4.39 Å². The molecule has 0 bridgehead atoms. The van der Waals surface area contributed by atoms with Gasteiger partial charge in [0.1, 0.15) is 5.82 Å². The summed E-state index contributed by atoms with van der Waals surface area (Å²) in [6.07, 6.45) is 0.972. The molecule has 0 spiro atoms. The van der Waals surface area contributed by atoms with Crippen LogP contribution in [0.25, 0.3) is 0 Å². The molecule has 0 amide bonds. The summed E-state index contributed by atoms with van der Waals surface area (Å²) in [5.74, 6) is 0.673. The van der Waals surface area contributed by atoms with Crippen molar-refractivity contribution in [2.45, 2.75) is 48.0 Å². The number of benzene rings is 1. The largest absolute Gasteiger partial charge is 0.207 e. The van der Waals surface area contributed by atoms with Gasteiger partial charge in [-0.2, -0.15) is 0 Å². The highest BCUT2D eigenvalue weighted by atomic mass is 19.1. The minimum Gasteiger partial charge on any atom is -0.207 e. The van der Waals surface area contributed by atoms with Gasteiger partial charge in [0.15, 0.2) is 0 Å². The number of rotatable bonds is 1. The van der Waals surface area contributed by atoms with E-state index in [1.807, 2.05) is 20.8 Å². The zero-order valence-electron chi connectivity index (χ0n) is 11.0. The normalized spacial score (nSPS) is 8.53. The van der Waals surface area contributed by atoms with Gasteiger partial charge in [-0.1, -0.05) is 53.7 Å². The third-order valence-corrected chi connectivity index (χ3v) is 1.32. The topological polar surface area (TPSA) is 0 Å². The van der Waals surface area contributed by atoms with Crippen molar-refractivity contribution in [1.29, 1.82) is 0 Å². The molecular formula is C14H25F. The molecular weight excluding hydrogens is 187 g/mol. The first-order valence-electron chi connectivity index (χ1n) is 5.80. The van der Waals surface area contributed by atoms with Crippen molar-refractivity contribution in [3.63, 3.8) is 0 Å². The van der Waals surface area contributed by atoms with Gasteiger partial charge < -0.3 is 0 Å². The average molecular weight is 212 g/mol. The first kappa shape index (κ1) is 16.6. The number of halogens is 1. The molecule has 0 radical (unpaired) electrons. The molecule has 88 valence electrons. The molecule has 0 nitrogen and oxygen atoms in total. The molecule has 0 aliphatic carbocycles. The van der Waals surface area contributed by atoms with Crippen molar-refractivity contribution in [1.82, 2.24) is 0 Å². The van der Waals surface area contributed by atoms with Crippen LogP contribution in [0.5, 0.6) is 0 Å². The Bertz CT molecular complexity index is 209. The Morgan fingerprint density at radius 3 is 1.60 bits per heavy atom. The van der Waals surface area contributed by atoms with Gasteiger partial charge in [-0.25, -0.2) is 4.39 Å². The van der Waals surface area contributed by atoms with Gasteiger partial charge in [-0.3, -0.25) is 0 Å². The molecule has 15 heavy (non-hydrogen) atoms. The van der Waals surface area contributed by atoms with Crippen LogP contribution in [-0.4, -0.2) is 0 Å². The second-order valence-corrected chi connectivity index (χ2v) is 3.71. The first-order chi connectivity index (χ1) is 7.06. The lowest BCUT2D eigenvalue weighted by Crippen LogP contribution is -1.78. The van der Waals surface area contributed by atoms with Crippen LogP contribution < -0.4 is 0 Å². The molecule has 0 N–H and O–H groups in total. The van der Waals surface area contributed by atoms with E-state index >= 15 is 0 Å². The van der Waals surface area contributed by atoms with Crippen molar-refractivity contribution in [3.8, 4) is 0 Å². The third-order valence-electron chi connectivity index (χ3n) is 1.32. The quantitative estimate of drug-likeness (QED) is 0.609. The summed E-state index contributed by atoms with van der Waals surface area (Å²) in [4.78, 5) is 0. The highest BCUT2D eigenvalue weighted by Crippen LogP contribution is 2.01. The lowest BCUT2D eigenvalue weighted by atomic mass is 10.2. The fourth-order valence-electron chi connectivity index (χ4n) is 0.720. The van der Waals surface area contributed by atoms with Crippen LogP contribution in [0.15, 0.2) is 24.3 Å². The Morgan fingerprint density at radius 1 is 1.00 bits per heavy atom. The highest BCUT2D eigenvalue weighted by Gasteiger charge is 1.87. The van der Waals surface area contributed by atoms with Crippen molar-refractivity contribution in [3.05, 3.63) is 35.6 Å². The monoisotopic (exact) mass is 212 g/mol. The maximum Gasteiger partial charge on any atom is 0.123 e. The second-order valence-electron chi connectivity index (χ2n) is 3.71. The molecule has 0 aliphatic heterocycles. The molecule has 0 aliphatic rings. The Morgan fingerprint density at radius 2 is 1.33 bits per heavy atom. The SMILES string of the molecule is CC.CC(C)C.CCc1ccc(F)cc1. The van der Waals surface area contributed by atoms with Crippen LogP contribution in [0.1, 0.15) is 47.1 Å². The van der Waals surface area contributed by atoms with E-state index in [-0.39, 0.29) is 5.82 Å². The van der Waals surface area contributed by atoms with Crippen molar-refractivity contribution >= 4 is 0 Å². The van der Waals surface area contributed by atoms with E-state index in [9.17, 15) is 4.39 Å². The maximum atomic E-state index is 12.2. The fourth-order valence-corrected chi connectivity index (χ4v) is 0.720. The summed E-state index contributed by atoms with van der Waals surface area (Å²) in [6.45, 7) is 12.5. The number of aryl methyl sites for hydroxylation is 1. The van der Waals surface area contributed by atoms with E-state index in [2.05, 4.69) is 20.8 Å². The lowest BCUT2D eigenvalue weighted by molar-refractivity contribution is 0.627. The average Bonchev–Trinajstić information content (AvgIpc) is 2.21. The summed E-state index contributed by atoms with van der Waals surface area (Å²) in [5.41, 5.74) is 1.18. The maximum absolute atomic E-state index is 12.2. The van der Waals surface area contributed by atoms with Gasteiger partial charge in [-0.15, -0.1) is 0 Å². The smallest absolute Gasteiger partial charge is 0.123 e. The van der Waals surface area contributed by atoms with Crippen molar-refractivity contribution < 1.29 is 4.39 Å². The molecule has 1 aromatic rings. The zero-order valence-corrected chi connectivity index (χ0v) is 11.0. The van der Waals surface area contributed by atoms with Crippen LogP contribution in [-0.2, 0) is 6.42 Å². The minimum atomic E-state index is -0.160. The molecule has 1 rings (SSSR count).